The van der Waals surface area contributed by atoms with E-state index in [9.17, 15) is 4.57 Å². The van der Waals surface area contributed by atoms with Crippen molar-refractivity contribution in [2.75, 3.05) is 5.09 Å². The summed E-state index contributed by atoms with van der Waals surface area (Å²) in [6, 6.07) is 22.0. The van der Waals surface area contributed by atoms with Crippen LogP contribution in [0.15, 0.2) is 77.3 Å². The molecule has 0 aliphatic rings. The zero-order valence-corrected chi connectivity index (χ0v) is 17.0. The molecular weight excluding hydrogens is 413 g/mol. The first kappa shape index (κ1) is 18.6. The average molecular weight is 432 g/mol. The van der Waals surface area contributed by atoms with Crippen LogP contribution in [-0.2, 0) is 4.57 Å². The highest BCUT2D eigenvalue weighted by atomic mass is 79.9. The van der Waals surface area contributed by atoms with E-state index in [0.29, 0.717) is 17.2 Å². The topological polar surface area (TPSA) is 47.6 Å². The number of halogens is 1. The van der Waals surface area contributed by atoms with Gasteiger partial charge in [0, 0.05) is 10.2 Å². The van der Waals surface area contributed by atoms with Gasteiger partial charge < -0.3 is 9.05 Å². The van der Waals surface area contributed by atoms with E-state index in [1.807, 2.05) is 56.3 Å². The van der Waals surface area contributed by atoms with E-state index < -0.39 is 7.75 Å². The first-order chi connectivity index (χ1) is 12.4. The van der Waals surface area contributed by atoms with Crippen LogP contribution in [-0.4, -0.2) is 0 Å². The maximum absolute atomic E-state index is 13.4. The van der Waals surface area contributed by atoms with Gasteiger partial charge in [-0.15, -0.1) is 0 Å². The number of benzene rings is 3. The summed E-state index contributed by atoms with van der Waals surface area (Å²) < 4.78 is 25.8. The van der Waals surface area contributed by atoms with Gasteiger partial charge in [-0.3, -0.25) is 5.09 Å². The second kappa shape index (κ2) is 7.98. The highest BCUT2D eigenvalue weighted by Crippen LogP contribution is 2.48. The molecule has 0 atom stereocenters. The van der Waals surface area contributed by atoms with Crippen LogP contribution in [0, 0.1) is 13.8 Å². The van der Waals surface area contributed by atoms with Crippen molar-refractivity contribution in [2.24, 2.45) is 0 Å². The molecule has 4 nitrogen and oxygen atoms in total. The van der Waals surface area contributed by atoms with Gasteiger partial charge in [0.25, 0.3) is 0 Å². The Bertz CT molecular complexity index is 875. The van der Waals surface area contributed by atoms with Crippen LogP contribution in [0.4, 0.5) is 5.69 Å². The summed E-state index contributed by atoms with van der Waals surface area (Å²) in [5.74, 6) is 0.932. The molecule has 0 aromatic heterocycles. The Hall–Kier alpha value is -2.23. The van der Waals surface area contributed by atoms with Crippen LogP contribution in [0.3, 0.4) is 0 Å². The van der Waals surface area contributed by atoms with Crippen LogP contribution in [0.25, 0.3) is 0 Å². The van der Waals surface area contributed by atoms with E-state index in [-0.39, 0.29) is 0 Å². The average Bonchev–Trinajstić information content (AvgIpc) is 2.59. The summed E-state index contributed by atoms with van der Waals surface area (Å²) >= 11 is 3.41. The van der Waals surface area contributed by atoms with Crippen LogP contribution in [0.2, 0.25) is 0 Å². The van der Waals surface area contributed by atoms with Crippen molar-refractivity contribution in [2.45, 2.75) is 13.8 Å². The van der Waals surface area contributed by atoms with Crippen molar-refractivity contribution in [1.29, 1.82) is 0 Å². The first-order valence-corrected chi connectivity index (χ1v) is 10.4. The molecule has 3 aromatic carbocycles. The molecule has 0 radical (unpaired) electrons. The first-order valence-electron chi connectivity index (χ1n) is 8.08. The van der Waals surface area contributed by atoms with Gasteiger partial charge >= 0.3 is 7.75 Å². The highest BCUT2D eigenvalue weighted by molar-refractivity contribution is 9.10. The standard InChI is InChI=1S/C20H19BrNO3P/c1-15-6-10-19(11-7-15)24-26(23,22-18-5-3-4-17(21)14-18)25-20-12-8-16(2)9-13-20/h3-14H,1-2H3,(H,22,23). The third-order valence-corrected chi connectivity index (χ3v) is 5.51. The van der Waals surface area contributed by atoms with Crippen molar-refractivity contribution in [3.8, 4) is 11.5 Å². The lowest BCUT2D eigenvalue weighted by Crippen LogP contribution is -2.10. The van der Waals surface area contributed by atoms with Gasteiger partial charge in [-0.25, -0.2) is 4.57 Å². The second-order valence-corrected chi connectivity index (χ2v) is 8.43. The molecule has 0 saturated carbocycles. The summed E-state index contributed by atoms with van der Waals surface area (Å²) in [6.07, 6.45) is 0. The van der Waals surface area contributed by atoms with Gasteiger partial charge in [0.05, 0.1) is 0 Å². The molecule has 3 aromatic rings. The molecule has 1 N–H and O–H groups in total. The van der Waals surface area contributed by atoms with Gasteiger partial charge in [-0.1, -0.05) is 57.4 Å². The Morgan fingerprint density at radius 3 is 1.77 bits per heavy atom. The minimum atomic E-state index is -3.71. The molecule has 0 aliphatic heterocycles. The molecule has 0 fully saturated rings. The fourth-order valence-electron chi connectivity index (χ4n) is 2.26. The van der Waals surface area contributed by atoms with Gasteiger partial charge in [-0.2, -0.15) is 0 Å². The molecule has 6 heteroatoms. The molecule has 134 valence electrons. The molecule has 0 unspecified atom stereocenters. The van der Waals surface area contributed by atoms with E-state index >= 15 is 0 Å². The zero-order valence-electron chi connectivity index (χ0n) is 14.5. The molecule has 0 spiro atoms. The minimum Gasteiger partial charge on any atom is -0.400 e. The summed E-state index contributed by atoms with van der Waals surface area (Å²) in [5.41, 5.74) is 2.81. The second-order valence-electron chi connectivity index (χ2n) is 5.93. The van der Waals surface area contributed by atoms with Crippen molar-refractivity contribution < 1.29 is 13.6 Å². The molecule has 0 aliphatic carbocycles. The van der Waals surface area contributed by atoms with Crippen LogP contribution >= 0.6 is 23.7 Å². The third kappa shape index (κ3) is 5.13. The summed E-state index contributed by atoms with van der Waals surface area (Å²) in [6.45, 7) is 3.96. The van der Waals surface area contributed by atoms with Gasteiger partial charge in [-0.05, 0) is 56.3 Å². The number of nitrogens with one attached hydrogen (secondary N) is 1. The highest BCUT2D eigenvalue weighted by Gasteiger charge is 2.29. The third-order valence-electron chi connectivity index (χ3n) is 3.58. The van der Waals surface area contributed by atoms with E-state index in [4.69, 9.17) is 9.05 Å². The molecule has 26 heavy (non-hydrogen) atoms. The predicted octanol–water partition coefficient (Wildman–Crippen LogP) is 6.74. The maximum Gasteiger partial charge on any atom is 0.541 e. The molecular formula is C20H19BrNO3P. The Balaban J connectivity index is 1.89. The number of rotatable bonds is 6. The van der Waals surface area contributed by atoms with E-state index in [0.717, 1.165) is 15.6 Å². The Kier molecular flexibility index (Phi) is 5.70. The number of aryl methyl sites for hydroxylation is 2. The van der Waals surface area contributed by atoms with Gasteiger partial charge in [0.1, 0.15) is 11.5 Å². The number of hydrogen-bond acceptors (Lipinski definition) is 3. The Labute approximate surface area is 161 Å². The van der Waals surface area contributed by atoms with Crippen molar-refractivity contribution in [3.05, 3.63) is 88.4 Å². The quantitative estimate of drug-likeness (QED) is 0.438. The Morgan fingerprint density at radius 2 is 1.31 bits per heavy atom. The molecule has 0 saturated heterocycles. The van der Waals surface area contributed by atoms with Crippen molar-refractivity contribution in [1.82, 2.24) is 0 Å². The minimum absolute atomic E-state index is 0.466. The molecule has 3 rings (SSSR count). The van der Waals surface area contributed by atoms with E-state index in [1.165, 1.54) is 0 Å². The summed E-state index contributed by atoms with van der Waals surface area (Å²) in [4.78, 5) is 0. The lowest BCUT2D eigenvalue weighted by molar-refractivity contribution is 0.393. The fraction of sp³-hybridized carbons (Fsp3) is 0.100. The van der Waals surface area contributed by atoms with Crippen molar-refractivity contribution in [3.63, 3.8) is 0 Å². The van der Waals surface area contributed by atoms with E-state index in [2.05, 4.69) is 21.0 Å². The van der Waals surface area contributed by atoms with Crippen LogP contribution < -0.4 is 14.1 Å². The molecule has 0 heterocycles. The summed E-state index contributed by atoms with van der Waals surface area (Å²) in [7, 11) is -3.71. The zero-order chi connectivity index (χ0) is 18.6. The lowest BCUT2D eigenvalue weighted by atomic mass is 10.2. The molecule has 0 amide bonds. The number of anilines is 1. The Morgan fingerprint density at radius 1 is 0.808 bits per heavy atom. The van der Waals surface area contributed by atoms with Gasteiger partial charge in [0.2, 0.25) is 0 Å². The van der Waals surface area contributed by atoms with Crippen molar-refractivity contribution >= 4 is 29.4 Å². The predicted molar refractivity (Wildman–Crippen MR) is 109 cm³/mol. The number of hydrogen-bond donors (Lipinski definition) is 1. The monoisotopic (exact) mass is 431 g/mol. The smallest absolute Gasteiger partial charge is 0.400 e. The van der Waals surface area contributed by atoms with Crippen LogP contribution in [0.5, 0.6) is 11.5 Å². The van der Waals surface area contributed by atoms with Crippen LogP contribution in [0.1, 0.15) is 11.1 Å². The SMILES string of the molecule is Cc1ccc(OP(=O)(Nc2cccc(Br)c2)Oc2ccc(C)cc2)cc1. The maximum atomic E-state index is 13.4. The normalized spacial score (nSPS) is 11.0. The largest absolute Gasteiger partial charge is 0.541 e. The fourth-order valence-corrected chi connectivity index (χ4v) is 4.04. The van der Waals surface area contributed by atoms with Gasteiger partial charge in [0.15, 0.2) is 0 Å². The van der Waals surface area contributed by atoms with E-state index in [1.54, 1.807) is 30.3 Å². The molecule has 0 bridgehead atoms. The lowest BCUT2D eigenvalue weighted by Gasteiger charge is -2.21. The summed E-state index contributed by atoms with van der Waals surface area (Å²) in [5, 5.41) is 2.90.